The maximum atomic E-state index is 12.9. The minimum atomic E-state index is -3.73. The molecular formula is C22H25ClN2O5S. The molecule has 2 aromatic rings. The first-order valence-electron chi connectivity index (χ1n) is 10.2. The lowest BCUT2D eigenvalue weighted by Gasteiger charge is -2.26. The summed E-state index contributed by atoms with van der Waals surface area (Å²) in [5, 5.41) is 2.75. The van der Waals surface area contributed by atoms with E-state index in [1.165, 1.54) is 16.4 Å². The van der Waals surface area contributed by atoms with E-state index in [1.54, 1.807) is 37.3 Å². The van der Waals surface area contributed by atoms with Crippen LogP contribution in [0.5, 0.6) is 5.75 Å². The number of nitrogens with zero attached hydrogens (tertiary/aromatic N) is 1. The smallest absolute Gasteiger partial charge is 0.262 e. The quantitative estimate of drug-likeness (QED) is 0.593. The number of ketones is 1. The molecule has 1 amide bonds. The van der Waals surface area contributed by atoms with Crippen molar-refractivity contribution in [1.82, 2.24) is 4.31 Å². The van der Waals surface area contributed by atoms with Crippen LogP contribution >= 0.6 is 11.6 Å². The van der Waals surface area contributed by atoms with Crippen molar-refractivity contribution in [2.45, 2.75) is 37.5 Å². The largest absolute Gasteiger partial charge is 0.484 e. The third-order valence-corrected chi connectivity index (χ3v) is 7.40. The summed E-state index contributed by atoms with van der Waals surface area (Å²) in [7, 11) is -3.73. The number of anilines is 1. The Kier molecular flexibility index (Phi) is 7.69. The molecule has 0 aromatic heterocycles. The minimum absolute atomic E-state index is 0.0223. The zero-order valence-electron chi connectivity index (χ0n) is 17.3. The van der Waals surface area contributed by atoms with E-state index >= 15 is 0 Å². The van der Waals surface area contributed by atoms with Crippen LogP contribution in [0.3, 0.4) is 0 Å². The Labute approximate surface area is 187 Å². The van der Waals surface area contributed by atoms with Gasteiger partial charge in [0.15, 0.2) is 12.4 Å². The van der Waals surface area contributed by atoms with Crippen LogP contribution < -0.4 is 10.1 Å². The Balaban J connectivity index is 1.64. The summed E-state index contributed by atoms with van der Waals surface area (Å²) in [4.78, 5) is 23.9. The van der Waals surface area contributed by atoms with E-state index in [9.17, 15) is 18.0 Å². The molecule has 1 N–H and O–H groups in total. The summed E-state index contributed by atoms with van der Waals surface area (Å²) in [5.74, 6) is 0.0342. The van der Waals surface area contributed by atoms with Gasteiger partial charge in [-0.15, -0.1) is 0 Å². The fourth-order valence-electron chi connectivity index (χ4n) is 3.31. The van der Waals surface area contributed by atoms with E-state index in [0.29, 0.717) is 36.5 Å². The van der Waals surface area contributed by atoms with Gasteiger partial charge in [0, 0.05) is 30.8 Å². The van der Waals surface area contributed by atoms with E-state index in [-0.39, 0.29) is 22.3 Å². The van der Waals surface area contributed by atoms with Gasteiger partial charge in [0.1, 0.15) is 10.6 Å². The number of rotatable bonds is 8. The first-order valence-corrected chi connectivity index (χ1v) is 12.0. The molecule has 9 heteroatoms. The zero-order chi connectivity index (χ0) is 22.4. The SMILES string of the molecule is CCC(=O)c1ccc(OCC(=O)Nc2ccc(Cl)c(S(=O)(=O)N3CCCCC3)c2)cc1. The number of hydrogen-bond donors (Lipinski definition) is 1. The number of sulfonamides is 1. The van der Waals surface area contributed by atoms with Crippen molar-refractivity contribution in [1.29, 1.82) is 0 Å². The molecule has 1 aliphatic heterocycles. The molecule has 2 aromatic carbocycles. The lowest BCUT2D eigenvalue weighted by molar-refractivity contribution is -0.118. The van der Waals surface area contributed by atoms with Crippen molar-refractivity contribution in [3.8, 4) is 5.75 Å². The van der Waals surface area contributed by atoms with E-state index in [4.69, 9.17) is 16.3 Å². The number of benzene rings is 2. The van der Waals surface area contributed by atoms with Crippen molar-refractivity contribution in [3.63, 3.8) is 0 Å². The highest BCUT2D eigenvalue weighted by Gasteiger charge is 2.28. The third-order valence-electron chi connectivity index (χ3n) is 5.02. The van der Waals surface area contributed by atoms with Crippen LogP contribution in [0.15, 0.2) is 47.4 Å². The maximum Gasteiger partial charge on any atom is 0.262 e. The molecule has 0 saturated carbocycles. The Morgan fingerprint density at radius 3 is 2.39 bits per heavy atom. The monoisotopic (exact) mass is 464 g/mol. The van der Waals surface area contributed by atoms with Crippen molar-refractivity contribution >= 4 is 39.0 Å². The predicted molar refractivity (Wildman–Crippen MR) is 119 cm³/mol. The molecule has 166 valence electrons. The number of carbonyl (C=O) groups is 2. The number of hydrogen-bond acceptors (Lipinski definition) is 5. The number of piperidine rings is 1. The lowest BCUT2D eigenvalue weighted by Crippen LogP contribution is -2.35. The predicted octanol–water partition coefficient (Wildman–Crippen LogP) is 4.12. The van der Waals surface area contributed by atoms with Crippen molar-refractivity contribution < 1.29 is 22.7 Å². The summed E-state index contributed by atoms with van der Waals surface area (Å²) in [6.07, 6.45) is 3.06. The highest BCUT2D eigenvalue weighted by Crippen LogP contribution is 2.29. The lowest BCUT2D eigenvalue weighted by atomic mass is 10.1. The summed E-state index contributed by atoms with van der Waals surface area (Å²) in [6.45, 7) is 2.45. The molecule has 0 atom stereocenters. The molecule has 0 radical (unpaired) electrons. The second-order valence-electron chi connectivity index (χ2n) is 7.25. The standard InChI is InChI=1S/C22H25ClN2O5S/c1-2-20(26)16-6-9-18(10-7-16)30-15-22(27)24-17-8-11-19(23)21(14-17)31(28,29)25-12-4-3-5-13-25/h6-11,14H,2-5,12-13,15H2,1H3,(H,24,27). The number of ether oxygens (including phenoxy) is 1. The molecule has 1 aliphatic rings. The molecular weight excluding hydrogens is 440 g/mol. The van der Waals surface area contributed by atoms with E-state index < -0.39 is 15.9 Å². The van der Waals surface area contributed by atoms with Crippen LogP contribution in [0.1, 0.15) is 43.0 Å². The number of halogens is 1. The molecule has 0 spiro atoms. The Morgan fingerprint density at radius 2 is 1.74 bits per heavy atom. The van der Waals surface area contributed by atoms with Gasteiger partial charge in [0.25, 0.3) is 5.91 Å². The van der Waals surface area contributed by atoms with Crippen LogP contribution in [0.2, 0.25) is 5.02 Å². The first-order chi connectivity index (χ1) is 14.8. The van der Waals surface area contributed by atoms with Gasteiger partial charge in [-0.3, -0.25) is 9.59 Å². The number of nitrogens with one attached hydrogen (secondary N) is 1. The summed E-state index contributed by atoms with van der Waals surface area (Å²) < 4.78 is 32.7. The molecule has 0 aliphatic carbocycles. The average Bonchev–Trinajstić information content (AvgIpc) is 2.79. The molecule has 7 nitrogen and oxygen atoms in total. The first kappa shape index (κ1) is 23.2. The number of amides is 1. The molecule has 31 heavy (non-hydrogen) atoms. The van der Waals surface area contributed by atoms with Gasteiger partial charge in [-0.05, 0) is 55.3 Å². The van der Waals surface area contributed by atoms with Crippen molar-refractivity contribution in [2.75, 3.05) is 25.0 Å². The van der Waals surface area contributed by atoms with Gasteiger partial charge in [-0.2, -0.15) is 4.31 Å². The molecule has 3 rings (SSSR count). The summed E-state index contributed by atoms with van der Waals surface area (Å²) in [6, 6.07) is 10.9. The van der Waals surface area contributed by atoms with E-state index in [2.05, 4.69) is 5.32 Å². The Hall–Kier alpha value is -2.42. The normalized spacial score (nSPS) is 14.8. The summed E-state index contributed by atoms with van der Waals surface area (Å²) in [5.41, 5.74) is 0.903. The van der Waals surface area contributed by atoms with Gasteiger partial charge in [-0.1, -0.05) is 24.9 Å². The molecule has 1 heterocycles. The topological polar surface area (TPSA) is 92.8 Å². The van der Waals surface area contributed by atoms with Crippen LogP contribution in [0, 0.1) is 0 Å². The van der Waals surface area contributed by atoms with Gasteiger partial charge in [0.2, 0.25) is 10.0 Å². The van der Waals surface area contributed by atoms with Gasteiger partial charge in [-0.25, -0.2) is 8.42 Å². The fraction of sp³-hybridized carbons (Fsp3) is 0.364. The highest BCUT2D eigenvalue weighted by molar-refractivity contribution is 7.89. The Morgan fingerprint density at radius 1 is 1.06 bits per heavy atom. The number of Topliss-reactive ketones (excluding diaryl/α,β-unsaturated/α-hetero) is 1. The fourth-order valence-corrected chi connectivity index (χ4v) is 5.33. The van der Waals surface area contributed by atoms with E-state index in [1.807, 2.05) is 0 Å². The summed E-state index contributed by atoms with van der Waals surface area (Å²) >= 11 is 6.16. The van der Waals surface area contributed by atoms with E-state index in [0.717, 1.165) is 19.3 Å². The van der Waals surface area contributed by atoms with Gasteiger partial charge in [0.05, 0.1) is 5.02 Å². The molecule has 1 fully saturated rings. The molecule has 0 unspecified atom stereocenters. The highest BCUT2D eigenvalue weighted by atomic mass is 35.5. The minimum Gasteiger partial charge on any atom is -0.484 e. The third kappa shape index (κ3) is 5.84. The Bertz CT molecular complexity index is 1050. The van der Waals surface area contributed by atoms with Crippen molar-refractivity contribution in [2.24, 2.45) is 0 Å². The van der Waals surface area contributed by atoms with Crippen molar-refractivity contribution in [3.05, 3.63) is 53.1 Å². The number of carbonyl (C=O) groups excluding carboxylic acids is 2. The zero-order valence-corrected chi connectivity index (χ0v) is 18.8. The molecule has 0 bridgehead atoms. The van der Waals surface area contributed by atoms with Crippen LogP contribution in [-0.4, -0.2) is 44.1 Å². The second kappa shape index (κ2) is 10.3. The average molecular weight is 465 g/mol. The van der Waals surface area contributed by atoms with Crippen LogP contribution in [-0.2, 0) is 14.8 Å². The van der Waals surface area contributed by atoms with Gasteiger partial charge >= 0.3 is 0 Å². The van der Waals surface area contributed by atoms with Crippen LogP contribution in [0.4, 0.5) is 5.69 Å². The van der Waals surface area contributed by atoms with Crippen LogP contribution in [0.25, 0.3) is 0 Å². The molecule has 1 saturated heterocycles. The van der Waals surface area contributed by atoms with Gasteiger partial charge < -0.3 is 10.1 Å². The maximum absolute atomic E-state index is 12.9. The second-order valence-corrected chi connectivity index (χ2v) is 9.56.